The molecule has 0 unspecified atom stereocenters. The molecule has 0 saturated heterocycles. The molecule has 30 heavy (non-hydrogen) atoms. The second-order valence-electron chi connectivity index (χ2n) is 7.49. The quantitative estimate of drug-likeness (QED) is 0.405. The zero-order valence-electron chi connectivity index (χ0n) is 16.4. The van der Waals surface area contributed by atoms with Crippen molar-refractivity contribution in [3.05, 3.63) is 65.5 Å². The van der Waals surface area contributed by atoms with Gasteiger partial charge in [-0.05, 0) is 37.1 Å². The number of hydrogen-bond acceptors (Lipinski definition) is 7. The van der Waals surface area contributed by atoms with Crippen molar-refractivity contribution in [1.82, 2.24) is 15.2 Å². The molecule has 5 rings (SSSR count). The lowest BCUT2D eigenvalue weighted by Gasteiger charge is -2.28. The molecule has 2 heterocycles. The molecule has 152 valence electrons. The van der Waals surface area contributed by atoms with Gasteiger partial charge < -0.3 is 9.15 Å². The number of carbonyl (C=O) groups is 1. The van der Waals surface area contributed by atoms with E-state index in [-0.39, 0.29) is 24.4 Å². The van der Waals surface area contributed by atoms with Crippen LogP contribution < -0.4 is 0 Å². The lowest BCUT2D eigenvalue weighted by atomic mass is 9.79. The smallest absolute Gasteiger partial charge is 0.310 e. The maximum absolute atomic E-state index is 12.9. The number of esters is 1. The molecule has 1 aliphatic rings. The minimum atomic E-state index is -0.210. The lowest BCUT2D eigenvalue weighted by Crippen LogP contribution is -2.27. The molecule has 6 nitrogen and oxygen atoms in total. The summed E-state index contributed by atoms with van der Waals surface area (Å²) in [7, 11) is 0. The van der Waals surface area contributed by atoms with E-state index in [9.17, 15) is 4.79 Å². The van der Waals surface area contributed by atoms with Crippen molar-refractivity contribution in [2.45, 2.75) is 38.2 Å². The fraction of sp³-hybridized carbons (Fsp3) is 0.304. The van der Waals surface area contributed by atoms with Crippen LogP contribution in [0, 0.1) is 5.92 Å². The third-order valence-electron chi connectivity index (χ3n) is 5.52. The fourth-order valence-electron chi connectivity index (χ4n) is 4.01. The first-order chi connectivity index (χ1) is 14.8. The average molecular weight is 420 g/mol. The summed E-state index contributed by atoms with van der Waals surface area (Å²) in [6.07, 6.45) is 3.91. The van der Waals surface area contributed by atoms with Crippen LogP contribution >= 0.6 is 11.3 Å². The van der Waals surface area contributed by atoms with Crippen molar-refractivity contribution in [3.8, 4) is 11.5 Å². The predicted molar refractivity (Wildman–Crippen MR) is 114 cm³/mol. The molecule has 0 radical (unpaired) electrons. The van der Waals surface area contributed by atoms with Gasteiger partial charge in [0.25, 0.3) is 5.89 Å². The van der Waals surface area contributed by atoms with Gasteiger partial charge in [0.05, 0.1) is 21.1 Å². The van der Waals surface area contributed by atoms with Gasteiger partial charge in [0.1, 0.15) is 0 Å². The summed E-state index contributed by atoms with van der Waals surface area (Å²) in [5, 5.41) is 9.09. The van der Waals surface area contributed by atoms with Crippen molar-refractivity contribution in [2.75, 3.05) is 0 Å². The summed E-state index contributed by atoms with van der Waals surface area (Å²) >= 11 is 1.68. The minimum Gasteiger partial charge on any atom is -0.455 e. The summed E-state index contributed by atoms with van der Waals surface area (Å²) < 4.78 is 12.4. The summed E-state index contributed by atoms with van der Waals surface area (Å²) in [5.41, 5.74) is 1.83. The Balaban J connectivity index is 1.28. The minimum absolute atomic E-state index is 0.0122. The second kappa shape index (κ2) is 8.36. The van der Waals surface area contributed by atoms with Crippen LogP contribution in [0.25, 0.3) is 21.7 Å². The first-order valence-electron chi connectivity index (χ1n) is 10.2. The number of para-hydroxylation sites is 1. The van der Waals surface area contributed by atoms with Gasteiger partial charge in [-0.3, -0.25) is 4.79 Å². The van der Waals surface area contributed by atoms with E-state index in [0.717, 1.165) is 46.5 Å². The summed E-state index contributed by atoms with van der Waals surface area (Å²) in [5.74, 6) is 0.432. The van der Waals surface area contributed by atoms with Crippen molar-refractivity contribution in [1.29, 1.82) is 0 Å². The third kappa shape index (κ3) is 3.85. The molecule has 2 aromatic heterocycles. The monoisotopic (exact) mass is 419 g/mol. The Bertz CT molecular complexity index is 1120. The SMILES string of the molecule is O=C(OCc1nnc(-c2ccccc2)o1)[C@H]1CCCC[C@H]1c1nc2ccccc2s1. The van der Waals surface area contributed by atoms with Crippen molar-refractivity contribution in [3.63, 3.8) is 0 Å². The Morgan fingerprint density at radius 3 is 2.70 bits per heavy atom. The number of ether oxygens (including phenoxy) is 1. The van der Waals surface area contributed by atoms with Gasteiger partial charge >= 0.3 is 5.97 Å². The number of fused-ring (bicyclic) bond motifs is 1. The van der Waals surface area contributed by atoms with Gasteiger partial charge in [0.2, 0.25) is 5.89 Å². The van der Waals surface area contributed by atoms with Gasteiger partial charge in [0, 0.05) is 11.5 Å². The van der Waals surface area contributed by atoms with Crippen LogP contribution in [-0.4, -0.2) is 21.2 Å². The van der Waals surface area contributed by atoms with Crippen LogP contribution in [0.15, 0.2) is 59.0 Å². The first kappa shape index (κ1) is 18.9. The van der Waals surface area contributed by atoms with Crippen molar-refractivity contribution < 1.29 is 13.9 Å². The molecule has 0 spiro atoms. The highest BCUT2D eigenvalue weighted by Crippen LogP contribution is 2.41. The zero-order chi connectivity index (χ0) is 20.3. The second-order valence-corrected chi connectivity index (χ2v) is 8.55. The molecule has 1 fully saturated rings. The highest BCUT2D eigenvalue weighted by molar-refractivity contribution is 7.18. The van der Waals surface area contributed by atoms with E-state index in [1.165, 1.54) is 0 Å². The molecule has 0 bridgehead atoms. The Morgan fingerprint density at radius 1 is 1.03 bits per heavy atom. The molecule has 0 amide bonds. The molecule has 1 aliphatic carbocycles. The van der Waals surface area contributed by atoms with Crippen LogP contribution in [0.5, 0.6) is 0 Å². The summed E-state index contributed by atoms with van der Waals surface area (Å²) in [6.45, 7) is -0.0122. The van der Waals surface area contributed by atoms with E-state index in [1.54, 1.807) is 11.3 Å². The molecule has 2 aromatic carbocycles. The van der Waals surface area contributed by atoms with Crippen LogP contribution in [0.4, 0.5) is 0 Å². The Labute approximate surface area is 177 Å². The summed E-state index contributed by atoms with van der Waals surface area (Å²) in [6, 6.07) is 17.6. The van der Waals surface area contributed by atoms with Crippen LogP contribution in [-0.2, 0) is 16.1 Å². The molecule has 2 atom stereocenters. The standard InChI is InChI=1S/C23H21N3O3S/c27-23(28-14-20-25-26-21(29-20)15-8-2-1-3-9-15)17-11-5-4-10-16(17)22-24-18-12-6-7-13-19(18)30-22/h1-3,6-9,12-13,16-17H,4-5,10-11,14H2/t16-,17+/m1/s1. The number of hydrogen-bond donors (Lipinski definition) is 0. The van der Waals surface area contributed by atoms with E-state index in [2.05, 4.69) is 16.3 Å². The maximum atomic E-state index is 12.9. The van der Waals surface area contributed by atoms with Crippen molar-refractivity contribution in [2.24, 2.45) is 5.92 Å². The van der Waals surface area contributed by atoms with Crippen molar-refractivity contribution >= 4 is 27.5 Å². The molecule has 4 aromatic rings. The highest BCUT2D eigenvalue weighted by Gasteiger charge is 2.35. The Hall–Kier alpha value is -3.06. The molecule has 0 aliphatic heterocycles. The van der Waals surface area contributed by atoms with E-state index in [4.69, 9.17) is 14.1 Å². The number of rotatable bonds is 5. The van der Waals surface area contributed by atoms with E-state index in [0.29, 0.717) is 11.8 Å². The number of nitrogens with zero attached hydrogens (tertiary/aromatic N) is 3. The fourth-order valence-corrected chi connectivity index (χ4v) is 5.17. The largest absolute Gasteiger partial charge is 0.455 e. The highest BCUT2D eigenvalue weighted by atomic mass is 32.1. The molecule has 0 N–H and O–H groups in total. The van der Waals surface area contributed by atoms with E-state index in [1.807, 2.05) is 48.5 Å². The number of thiazole rings is 1. The molecular formula is C23H21N3O3S. The topological polar surface area (TPSA) is 78.1 Å². The average Bonchev–Trinajstić information content (AvgIpc) is 3.45. The normalized spacial score (nSPS) is 19.1. The van der Waals surface area contributed by atoms with Crippen LogP contribution in [0.3, 0.4) is 0 Å². The molecule has 1 saturated carbocycles. The number of aromatic nitrogens is 3. The van der Waals surface area contributed by atoms with Crippen LogP contribution in [0.2, 0.25) is 0 Å². The van der Waals surface area contributed by atoms with Gasteiger partial charge in [-0.15, -0.1) is 21.5 Å². The van der Waals surface area contributed by atoms with Gasteiger partial charge in [0.15, 0.2) is 6.61 Å². The van der Waals surface area contributed by atoms with Crippen LogP contribution in [0.1, 0.15) is 42.5 Å². The third-order valence-corrected chi connectivity index (χ3v) is 6.69. The zero-order valence-corrected chi connectivity index (χ0v) is 17.2. The lowest BCUT2D eigenvalue weighted by molar-refractivity contribution is -0.152. The Morgan fingerprint density at radius 2 is 1.83 bits per heavy atom. The maximum Gasteiger partial charge on any atom is 0.310 e. The summed E-state index contributed by atoms with van der Waals surface area (Å²) in [4.78, 5) is 17.7. The van der Waals surface area contributed by atoms with Gasteiger partial charge in [-0.1, -0.05) is 43.2 Å². The molecular weight excluding hydrogens is 398 g/mol. The van der Waals surface area contributed by atoms with Gasteiger partial charge in [-0.2, -0.15) is 0 Å². The number of benzene rings is 2. The first-order valence-corrected chi connectivity index (χ1v) is 11.0. The van der Waals surface area contributed by atoms with E-state index < -0.39 is 0 Å². The Kier molecular flexibility index (Phi) is 5.27. The van der Waals surface area contributed by atoms with Gasteiger partial charge in [-0.25, -0.2) is 4.98 Å². The predicted octanol–water partition coefficient (Wildman–Crippen LogP) is 5.36. The molecule has 7 heteroatoms. The van der Waals surface area contributed by atoms with E-state index >= 15 is 0 Å². The number of carbonyl (C=O) groups excluding carboxylic acids is 1.